The molecule has 1 saturated carbocycles. The van der Waals surface area contributed by atoms with E-state index in [1.54, 1.807) is 0 Å². The maximum absolute atomic E-state index is 11.4. The van der Waals surface area contributed by atoms with Crippen molar-refractivity contribution in [2.75, 3.05) is 18.6 Å². The molecule has 1 aliphatic rings. The van der Waals surface area contributed by atoms with Crippen LogP contribution in [-0.2, 0) is 20.0 Å². The van der Waals surface area contributed by atoms with E-state index in [1.807, 2.05) is 18.2 Å². The Morgan fingerprint density at radius 1 is 1.37 bits per heavy atom. The molecule has 2 atom stereocenters. The second-order valence-electron chi connectivity index (χ2n) is 5.56. The van der Waals surface area contributed by atoms with Crippen LogP contribution in [0.3, 0.4) is 0 Å². The van der Waals surface area contributed by atoms with Gasteiger partial charge in [-0.25, -0.2) is 8.42 Å². The molecule has 1 amide bonds. The first-order valence-electron chi connectivity index (χ1n) is 6.31. The second kappa shape index (κ2) is 4.96. The van der Waals surface area contributed by atoms with Gasteiger partial charge < -0.3 is 5.32 Å². The van der Waals surface area contributed by atoms with Crippen molar-refractivity contribution in [1.29, 1.82) is 0 Å². The molecule has 19 heavy (non-hydrogen) atoms. The van der Waals surface area contributed by atoms with Gasteiger partial charge in [0.15, 0.2) is 9.84 Å². The van der Waals surface area contributed by atoms with Crippen LogP contribution in [0.2, 0.25) is 0 Å². The Hall–Kier alpha value is -1.36. The maximum atomic E-state index is 11.4. The summed E-state index contributed by atoms with van der Waals surface area (Å²) in [7, 11) is -3.24. The molecule has 1 N–H and O–H groups in total. The van der Waals surface area contributed by atoms with E-state index in [9.17, 15) is 13.2 Å². The average molecular weight is 281 g/mol. The van der Waals surface area contributed by atoms with Gasteiger partial charge in [0.05, 0.1) is 0 Å². The molecule has 5 heteroatoms. The Balaban J connectivity index is 1.86. The zero-order chi connectivity index (χ0) is 14.1. The maximum Gasteiger partial charge on any atom is 0.235 e. The first kappa shape index (κ1) is 14.1. The fourth-order valence-electron chi connectivity index (χ4n) is 2.45. The lowest BCUT2D eigenvalue weighted by Gasteiger charge is -2.12. The van der Waals surface area contributed by atoms with E-state index < -0.39 is 21.5 Å². The summed E-state index contributed by atoms with van der Waals surface area (Å²) in [6.07, 6.45) is 2.09. The minimum absolute atomic E-state index is 0.111. The lowest BCUT2D eigenvalue weighted by molar-refractivity contribution is -0.118. The molecule has 0 saturated heterocycles. The van der Waals surface area contributed by atoms with E-state index in [0.717, 1.165) is 12.7 Å². The zero-order valence-electron chi connectivity index (χ0n) is 11.2. The van der Waals surface area contributed by atoms with Crippen molar-refractivity contribution in [3.8, 4) is 0 Å². The molecular weight excluding hydrogens is 262 g/mol. The van der Waals surface area contributed by atoms with Gasteiger partial charge in [-0.1, -0.05) is 37.3 Å². The Morgan fingerprint density at radius 3 is 2.58 bits per heavy atom. The first-order chi connectivity index (χ1) is 8.81. The number of sulfone groups is 1. The van der Waals surface area contributed by atoms with Gasteiger partial charge in [-0.15, -0.1) is 0 Å². The minimum Gasteiger partial charge on any atom is -0.355 e. The summed E-state index contributed by atoms with van der Waals surface area (Å²) in [6, 6.07) is 10.2. The predicted octanol–water partition coefficient (Wildman–Crippen LogP) is 1.12. The van der Waals surface area contributed by atoms with Crippen LogP contribution in [-0.4, -0.2) is 32.9 Å². The van der Waals surface area contributed by atoms with E-state index >= 15 is 0 Å². The quantitative estimate of drug-likeness (QED) is 0.880. The smallest absolute Gasteiger partial charge is 0.235 e. The van der Waals surface area contributed by atoms with E-state index in [4.69, 9.17) is 0 Å². The summed E-state index contributed by atoms with van der Waals surface area (Å²) in [5.41, 5.74) is 1.39. The Labute approximate surface area is 114 Å². The summed E-state index contributed by atoms with van der Waals surface area (Å²) in [5, 5.41) is 2.71. The summed E-state index contributed by atoms with van der Waals surface area (Å²) < 4.78 is 22.0. The lowest BCUT2D eigenvalue weighted by atomic mass is 9.95. The zero-order valence-corrected chi connectivity index (χ0v) is 12.0. The summed E-state index contributed by atoms with van der Waals surface area (Å²) in [5.74, 6) is -0.454. The molecule has 0 heterocycles. The Morgan fingerprint density at radius 2 is 2.00 bits per heavy atom. The van der Waals surface area contributed by atoms with Crippen LogP contribution >= 0.6 is 0 Å². The van der Waals surface area contributed by atoms with Gasteiger partial charge in [0, 0.05) is 12.8 Å². The topological polar surface area (TPSA) is 63.2 Å². The fraction of sp³-hybridized carbons (Fsp3) is 0.500. The van der Waals surface area contributed by atoms with Crippen LogP contribution < -0.4 is 5.32 Å². The van der Waals surface area contributed by atoms with Crippen molar-refractivity contribution in [1.82, 2.24) is 5.32 Å². The number of carbonyl (C=O) groups excluding carboxylic acids is 1. The molecular formula is C14H19NO3S. The molecule has 2 rings (SSSR count). The molecule has 0 aliphatic heterocycles. The number of rotatable bonds is 5. The molecule has 4 nitrogen and oxygen atoms in total. The van der Waals surface area contributed by atoms with Crippen LogP contribution in [0.25, 0.3) is 0 Å². The summed E-state index contributed by atoms with van der Waals surface area (Å²) in [6.45, 7) is 2.72. The summed E-state index contributed by atoms with van der Waals surface area (Å²) in [4.78, 5) is 11.4. The second-order valence-corrected chi connectivity index (χ2v) is 7.70. The number of carbonyl (C=O) groups is 1. The number of benzene rings is 1. The molecule has 1 aromatic rings. The Kier molecular flexibility index (Phi) is 3.67. The standard InChI is InChI=1S/C14H19NO3S/c1-14(11-6-4-3-5-7-11)8-12(14)9-15-13(16)10-19(2,17)18/h3-7,12H,8-10H2,1-2H3,(H,15,16)/t12?,14-/m0/s1. The van der Waals surface area contributed by atoms with Crippen LogP contribution in [0.5, 0.6) is 0 Å². The van der Waals surface area contributed by atoms with Gasteiger partial charge in [-0.3, -0.25) is 4.79 Å². The number of hydrogen-bond acceptors (Lipinski definition) is 3. The normalized spacial score (nSPS) is 25.9. The highest BCUT2D eigenvalue weighted by molar-refractivity contribution is 7.91. The van der Waals surface area contributed by atoms with Crippen LogP contribution in [0, 0.1) is 5.92 Å². The van der Waals surface area contributed by atoms with Crippen molar-refractivity contribution in [3.63, 3.8) is 0 Å². The monoisotopic (exact) mass is 281 g/mol. The number of hydrogen-bond donors (Lipinski definition) is 1. The number of amides is 1. The van der Waals surface area contributed by atoms with Gasteiger partial charge in [0.2, 0.25) is 5.91 Å². The van der Waals surface area contributed by atoms with Crippen LogP contribution in [0.1, 0.15) is 18.9 Å². The fourth-order valence-corrected chi connectivity index (χ4v) is 3.03. The third-order valence-electron chi connectivity index (χ3n) is 3.78. The van der Waals surface area contributed by atoms with Gasteiger partial charge in [-0.2, -0.15) is 0 Å². The highest BCUT2D eigenvalue weighted by Gasteiger charge is 2.50. The van der Waals surface area contributed by atoms with E-state index in [1.165, 1.54) is 5.56 Å². The molecule has 1 unspecified atom stereocenters. The first-order valence-corrected chi connectivity index (χ1v) is 8.37. The minimum atomic E-state index is -3.24. The van der Waals surface area contributed by atoms with E-state index in [0.29, 0.717) is 12.5 Å². The molecule has 1 aliphatic carbocycles. The SMILES string of the molecule is C[C@@]1(c2ccccc2)CC1CNC(=O)CS(C)(=O)=O. The average Bonchev–Trinajstić information content (AvgIpc) is 2.99. The highest BCUT2D eigenvalue weighted by Crippen LogP contribution is 2.53. The van der Waals surface area contributed by atoms with Gasteiger partial charge in [0.1, 0.15) is 5.75 Å². The summed E-state index contributed by atoms with van der Waals surface area (Å²) >= 11 is 0. The van der Waals surface area contributed by atoms with E-state index in [2.05, 4.69) is 24.4 Å². The van der Waals surface area contributed by atoms with Crippen molar-refractivity contribution in [3.05, 3.63) is 35.9 Å². The number of nitrogens with one attached hydrogen (secondary N) is 1. The van der Waals surface area contributed by atoms with Crippen LogP contribution in [0.4, 0.5) is 0 Å². The lowest BCUT2D eigenvalue weighted by Crippen LogP contribution is -2.32. The van der Waals surface area contributed by atoms with Gasteiger partial charge in [-0.05, 0) is 23.3 Å². The largest absolute Gasteiger partial charge is 0.355 e. The van der Waals surface area contributed by atoms with Gasteiger partial charge in [0.25, 0.3) is 0 Å². The molecule has 0 spiro atoms. The third kappa shape index (κ3) is 3.56. The van der Waals surface area contributed by atoms with Gasteiger partial charge >= 0.3 is 0 Å². The van der Waals surface area contributed by atoms with Crippen molar-refractivity contribution < 1.29 is 13.2 Å². The molecule has 1 fully saturated rings. The Bertz CT molecular complexity index is 568. The third-order valence-corrected chi connectivity index (χ3v) is 4.57. The molecule has 0 bridgehead atoms. The van der Waals surface area contributed by atoms with Crippen molar-refractivity contribution in [2.45, 2.75) is 18.8 Å². The molecule has 0 radical (unpaired) electrons. The van der Waals surface area contributed by atoms with Crippen LogP contribution in [0.15, 0.2) is 30.3 Å². The molecule has 1 aromatic carbocycles. The highest BCUT2D eigenvalue weighted by atomic mass is 32.2. The molecule has 0 aromatic heterocycles. The van der Waals surface area contributed by atoms with Crippen molar-refractivity contribution >= 4 is 15.7 Å². The van der Waals surface area contributed by atoms with E-state index in [-0.39, 0.29) is 5.41 Å². The molecule has 104 valence electrons. The van der Waals surface area contributed by atoms with Crippen molar-refractivity contribution in [2.24, 2.45) is 5.92 Å². The predicted molar refractivity (Wildman–Crippen MR) is 74.6 cm³/mol.